The molecule has 0 aliphatic heterocycles. The summed E-state index contributed by atoms with van der Waals surface area (Å²) in [5, 5.41) is 8.28. The number of hydrogen-bond acceptors (Lipinski definition) is 2. The lowest BCUT2D eigenvalue weighted by molar-refractivity contribution is 0.637. The van der Waals surface area contributed by atoms with Crippen LogP contribution < -0.4 is 5.32 Å². The van der Waals surface area contributed by atoms with E-state index in [1.54, 1.807) is 0 Å². The zero-order valence-corrected chi connectivity index (χ0v) is 9.91. The van der Waals surface area contributed by atoms with E-state index in [-0.39, 0.29) is 0 Å². The molecule has 0 bridgehead atoms. The topological polar surface area (TPSA) is 29.9 Å². The molecule has 1 aromatic carbocycles. The first-order chi connectivity index (χ1) is 7.74. The number of rotatable bonds is 4. The van der Waals surface area contributed by atoms with Crippen LogP contribution in [0.15, 0.2) is 36.7 Å². The zero-order chi connectivity index (χ0) is 11.4. The predicted octanol–water partition coefficient (Wildman–Crippen LogP) is 2.96. The van der Waals surface area contributed by atoms with Crippen LogP contribution in [0.2, 0.25) is 5.02 Å². The summed E-state index contributed by atoms with van der Waals surface area (Å²) in [6.07, 6.45) is 3.89. The van der Waals surface area contributed by atoms with Gasteiger partial charge in [0.05, 0.1) is 12.7 Å². The third kappa shape index (κ3) is 3.00. The third-order valence-electron chi connectivity index (χ3n) is 2.28. The van der Waals surface area contributed by atoms with Crippen molar-refractivity contribution in [3.8, 4) is 0 Å². The lowest BCUT2D eigenvalue weighted by atomic mass is 10.3. The molecule has 0 aliphatic carbocycles. The summed E-state index contributed by atoms with van der Waals surface area (Å²) in [5.74, 6) is 0. The largest absolute Gasteiger partial charge is 0.383 e. The molecule has 0 amide bonds. The molecule has 2 aromatic rings. The van der Waals surface area contributed by atoms with E-state index in [0.717, 1.165) is 23.8 Å². The smallest absolute Gasteiger partial charge is 0.0582 e. The summed E-state index contributed by atoms with van der Waals surface area (Å²) in [6.45, 7) is 3.75. The minimum absolute atomic E-state index is 0.758. The van der Waals surface area contributed by atoms with Crippen LogP contribution in [0.5, 0.6) is 0 Å². The van der Waals surface area contributed by atoms with Gasteiger partial charge >= 0.3 is 0 Å². The second-order valence-electron chi connectivity index (χ2n) is 3.71. The van der Waals surface area contributed by atoms with Crippen molar-refractivity contribution in [3.05, 3.63) is 47.2 Å². The van der Waals surface area contributed by atoms with Crippen molar-refractivity contribution in [1.29, 1.82) is 0 Å². The Morgan fingerprint density at radius 2 is 2.06 bits per heavy atom. The molecule has 0 saturated carbocycles. The van der Waals surface area contributed by atoms with Gasteiger partial charge in [0.15, 0.2) is 0 Å². The van der Waals surface area contributed by atoms with Gasteiger partial charge in [-0.25, -0.2) is 0 Å². The Labute approximate surface area is 100 Å². The highest BCUT2D eigenvalue weighted by Gasteiger charge is 1.94. The molecule has 84 valence electrons. The van der Waals surface area contributed by atoms with Crippen LogP contribution in [-0.2, 0) is 6.54 Å². The van der Waals surface area contributed by atoms with Crippen molar-refractivity contribution in [2.75, 3.05) is 11.9 Å². The van der Waals surface area contributed by atoms with Gasteiger partial charge in [-0.3, -0.25) is 4.68 Å². The van der Waals surface area contributed by atoms with E-state index in [4.69, 9.17) is 11.6 Å². The number of hydrogen-bond donors (Lipinski definition) is 1. The molecule has 0 fully saturated rings. The fourth-order valence-electron chi connectivity index (χ4n) is 1.47. The molecule has 1 aromatic heterocycles. The molecular formula is C12H14ClN3. The third-order valence-corrected chi connectivity index (χ3v) is 2.53. The van der Waals surface area contributed by atoms with Crippen LogP contribution in [0.25, 0.3) is 0 Å². The number of nitrogens with one attached hydrogen (secondary N) is 1. The van der Waals surface area contributed by atoms with E-state index in [0.29, 0.717) is 0 Å². The molecule has 0 spiro atoms. The Hall–Kier alpha value is -1.48. The van der Waals surface area contributed by atoms with Crippen molar-refractivity contribution in [3.63, 3.8) is 0 Å². The molecule has 4 heteroatoms. The van der Waals surface area contributed by atoms with Crippen molar-refractivity contribution in [2.45, 2.75) is 13.5 Å². The normalized spacial score (nSPS) is 10.4. The Morgan fingerprint density at radius 1 is 1.31 bits per heavy atom. The summed E-state index contributed by atoms with van der Waals surface area (Å²) in [6, 6.07) is 7.69. The zero-order valence-electron chi connectivity index (χ0n) is 9.15. The fraction of sp³-hybridized carbons (Fsp3) is 0.250. The maximum Gasteiger partial charge on any atom is 0.0582 e. The lowest BCUT2D eigenvalue weighted by Crippen LogP contribution is -2.10. The van der Waals surface area contributed by atoms with E-state index in [9.17, 15) is 0 Å². The van der Waals surface area contributed by atoms with E-state index in [2.05, 4.69) is 10.4 Å². The average Bonchev–Trinajstić information content (AvgIpc) is 2.67. The number of aryl methyl sites for hydroxylation is 1. The molecule has 1 N–H and O–H groups in total. The molecule has 0 radical (unpaired) electrons. The first kappa shape index (κ1) is 11.0. The lowest BCUT2D eigenvalue weighted by Gasteiger charge is -2.06. The first-order valence-corrected chi connectivity index (χ1v) is 5.60. The molecule has 3 nitrogen and oxygen atoms in total. The molecule has 0 saturated heterocycles. The van der Waals surface area contributed by atoms with Crippen LogP contribution in [0.4, 0.5) is 5.69 Å². The Kier molecular flexibility index (Phi) is 3.47. The van der Waals surface area contributed by atoms with Crippen molar-refractivity contribution in [2.24, 2.45) is 0 Å². The number of anilines is 1. The Balaban J connectivity index is 1.82. The fourth-order valence-corrected chi connectivity index (χ4v) is 1.60. The second kappa shape index (κ2) is 5.03. The second-order valence-corrected chi connectivity index (χ2v) is 4.15. The molecule has 0 atom stereocenters. The monoisotopic (exact) mass is 235 g/mol. The van der Waals surface area contributed by atoms with Crippen molar-refractivity contribution in [1.82, 2.24) is 9.78 Å². The summed E-state index contributed by atoms with van der Waals surface area (Å²) >= 11 is 5.80. The summed E-state index contributed by atoms with van der Waals surface area (Å²) < 4.78 is 1.93. The van der Waals surface area contributed by atoms with Crippen molar-refractivity contribution < 1.29 is 0 Å². The average molecular weight is 236 g/mol. The van der Waals surface area contributed by atoms with Crippen LogP contribution in [-0.4, -0.2) is 16.3 Å². The van der Waals surface area contributed by atoms with Crippen LogP contribution in [0.3, 0.4) is 0 Å². The first-order valence-electron chi connectivity index (χ1n) is 5.22. The molecule has 1 heterocycles. The van der Waals surface area contributed by atoms with Gasteiger partial charge in [-0.05, 0) is 36.8 Å². The molecule has 0 aliphatic rings. The minimum atomic E-state index is 0.758. The standard InChI is InChI=1S/C12H14ClN3/c1-10-8-15-16(9-10)7-6-14-12-4-2-11(13)3-5-12/h2-5,8-9,14H,6-7H2,1H3. The van der Waals surface area contributed by atoms with Crippen LogP contribution >= 0.6 is 11.6 Å². The quantitative estimate of drug-likeness (QED) is 0.883. The van der Waals surface area contributed by atoms with Gasteiger partial charge < -0.3 is 5.32 Å². The Bertz CT molecular complexity index is 448. The van der Waals surface area contributed by atoms with E-state index in [1.807, 2.05) is 48.3 Å². The molecule has 0 unspecified atom stereocenters. The molecule has 16 heavy (non-hydrogen) atoms. The van der Waals surface area contributed by atoms with Crippen LogP contribution in [0.1, 0.15) is 5.56 Å². The van der Waals surface area contributed by atoms with E-state index >= 15 is 0 Å². The van der Waals surface area contributed by atoms with Gasteiger partial charge in [-0.1, -0.05) is 11.6 Å². The highest BCUT2D eigenvalue weighted by molar-refractivity contribution is 6.30. The number of aromatic nitrogens is 2. The minimum Gasteiger partial charge on any atom is -0.383 e. The van der Waals surface area contributed by atoms with Gasteiger partial charge in [0.25, 0.3) is 0 Å². The maximum atomic E-state index is 5.80. The SMILES string of the molecule is Cc1cnn(CCNc2ccc(Cl)cc2)c1. The summed E-state index contributed by atoms with van der Waals surface area (Å²) in [5.41, 5.74) is 2.26. The Morgan fingerprint density at radius 3 is 2.69 bits per heavy atom. The molecular weight excluding hydrogens is 222 g/mol. The summed E-state index contributed by atoms with van der Waals surface area (Å²) in [7, 11) is 0. The number of nitrogens with zero attached hydrogens (tertiary/aromatic N) is 2. The van der Waals surface area contributed by atoms with Crippen LogP contribution in [0, 0.1) is 6.92 Å². The number of benzene rings is 1. The highest BCUT2D eigenvalue weighted by Crippen LogP contribution is 2.12. The van der Waals surface area contributed by atoms with Gasteiger partial charge in [0.1, 0.15) is 0 Å². The van der Waals surface area contributed by atoms with Gasteiger partial charge in [-0.2, -0.15) is 5.10 Å². The maximum absolute atomic E-state index is 5.80. The number of halogens is 1. The predicted molar refractivity (Wildman–Crippen MR) is 66.9 cm³/mol. The highest BCUT2D eigenvalue weighted by atomic mass is 35.5. The van der Waals surface area contributed by atoms with E-state index < -0.39 is 0 Å². The summed E-state index contributed by atoms with van der Waals surface area (Å²) in [4.78, 5) is 0. The van der Waals surface area contributed by atoms with Gasteiger partial charge in [-0.15, -0.1) is 0 Å². The van der Waals surface area contributed by atoms with Crippen molar-refractivity contribution >= 4 is 17.3 Å². The molecule has 2 rings (SSSR count). The van der Waals surface area contributed by atoms with Gasteiger partial charge in [0.2, 0.25) is 0 Å². The van der Waals surface area contributed by atoms with Gasteiger partial charge in [0, 0.05) is 23.5 Å². The van der Waals surface area contributed by atoms with E-state index in [1.165, 1.54) is 5.56 Å².